The second-order valence-corrected chi connectivity index (χ2v) is 10.2. The van der Waals surface area contributed by atoms with E-state index in [1.807, 2.05) is 24.3 Å². The summed E-state index contributed by atoms with van der Waals surface area (Å²) in [7, 11) is -3.81. The summed E-state index contributed by atoms with van der Waals surface area (Å²) in [5.74, 6) is 0.0666. The Hall–Kier alpha value is -3.53. The molecule has 0 bridgehead atoms. The predicted octanol–water partition coefficient (Wildman–Crippen LogP) is 3.92. The van der Waals surface area contributed by atoms with Crippen molar-refractivity contribution in [3.63, 3.8) is 0 Å². The van der Waals surface area contributed by atoms with E-state index in [4.69, 9.17) is 11.6 Å². The van der Waals surface area contributed by atoms with Crippen LogP contribution in [0.3, 0.4) is 0 Å². The monoisotopic (exact) mass is 493 g/mol. The lowest BCUT2D eigenvalue weighted by molar-refractivity contribution is 0.102. The molecule has 0 saturated carbocycles. The maximum Gasteiger partial charge on any atom is 0.257 e. The van der Waals surface area contributed by atoms with E-state index in [1.165, 1.54) is 28.7 Å². The van der Waals surface area contributed by atoms with Crippen molar-refractivity contribution in [2.45, 2.75) is 17.9 Å². The zero-order valence-electron chi connectivity index (χ0n) is 17.9. The molecular weight excluding hydrogens is 474 g/mol. The van der Waals surface area contributed by atoms with Gasteiger partial charge in [-0.05, 0) is 53.9 Å². The van der Waals surface area contributed by atoms with Gasteiger partial charge in [-0.1, -0.05) is 35.9 Å². The van der Waals surface area contributed by atoms with Crippen molar-refractivity contribution in [2.24, 2.45) is 0 Å². The van der Waals surface area contributed by atoms with Crippen molar-refractivity contribution in [3.8, 4) is 5.82 Å². The van der Waals surface area contributed by atoms with Gasteiger partial charge < -0.3 is 5.32 Å². The second kappa shape index (κ2) is 9.02. The van der Waals surface area contributed by atoms with Gasteiger partial charge in [0.2, 0.25) is 10.0 Å². The summed E-state index contributed by atoms with van der Waals surface area (Å²) in [4.78, 5) is 17.2. The number of rotatable bonds is 5. The molecule has 0 unspecified atom stereocenters. The number of anilines is 1. The minimum absolute atomic E-state index is 0.0218. The molecule has 4 aromatic rings. The fraction of sp³-hybridized carbons (Fsp3) is 0.125. The quantitative estimate of drug-likeness (QED) is 0.454. The number of carbonyl (C=O) groups excluding carboxylic acids is 1. The summed E-state index contributed by atoms with van der Waals surface area (Å²) in [6.45, 7) is 0.661. The molecule has 1 amide bonds. The number of nitrogens with one attached hydrogen (secondary N) is 1. The first-order chi connectivity index (χ1) is 16.4. The van der Waals surface area contributed by atoms with Gasteiger partial charge in [-0.3, -0.25) is 4.79 Å². The molecule has 0 aliphatic carbocycles. The fourth-order valence-electron chi connectivity index (χ4n) is 3.86. The number of hydrogen-bond acceptors (Lipinski definition) is 5. The molecule has 0 spiro atoms. The molecule has 0 atom stereocenters. The van der Waals surface area contributed by atoms with Crippen LogP contribution in [0.2, 0.25) is 5.02 Å². The molecular formula is C24H20ClN5O3S. The van der Waals surface area contributed by atoms with Crippen LogP contribution in [0.1, 0.15) is 21.5 Å². The summed E-state index contributed by atoms with van der Waals surface area (Å²) < 4.78 is 29.7. The Kier molecular flexibility index (Phi) is 5.91. The van der Waals surface area contributed by atoms with Crippen LogP contribution in [0.25, 0.3) is 5.82 Å². The van der Waals surface area contributed by atoms with Crippen molar-refractivity contribution >= 4 is 33.2 Å². The summed E-state index contributed by atoms with van der Waals surface area (Å²) in [6, 6.07) is 17.1. The molecule has 0 fully saturated rings. The smallest absolute Gasteiger partial charge is 0.257 e. The van der Waals surface area contributed by atoms with Crippen LogP contribution in [-0.2, 0) is 23.0 Å². The topological polar surface area (TPSA) is 97.2 Å². The van der Waals surface area contributed by atoms with Gasteiger partial charge in [-0.2, -0.15) is 9.40 Å². The number of nitrogens with zero attached hydrogens (tertiary/aromatic N) is 4. The normalized spacial score (nSPS) is 13.9. The number of benzene rings is 2. The Morgan fingerprint density at radius 2 is 1.85 bits per heavy atom. The first-order valence-corrected chi connectivity index (χ1v) is 12.4. The summed E-state index contributed by atoms with van der Waals surface area (Å²) in [5.41, 5.74) is 2.64. The number of sulfonamides is 1. The van der Waals surface area contributed by atoms with Gasteiger partial charge in [-0.25, -0.2) is 18.1 Å². The van der Waals surface area contributed by atoms with E-state index in [2.05, 4.69) is 15.4 Å². The SMILES string of the molecule is O=C(Nc1ccc(-n2cccn2)nc1)c1cc(S(=O)(=O)N2CCc3ccccc3C2)ccc1Cl. The van der Waals surface area contributed by atoms with E-state index in [0.29, 0.717) is 24.5 Å². The Balaban J connectivity index is 1.36. The number of pyridine rings is 1. The second-order valence-electron chi connectivity index (χ2n) is 7.81. The molecule has 1 N–H and O–H groups in total. The maximum atomic E-state index is 13.3. The van der Waals surface area contributed by atoms with Crippen molar-refractivity contribution in [1.82, 2.24) is 19.1 Å². The van der Waals surface area contributed by atoms with E-state index in [9.17, 15) is 13.2 Å². The van der Waals surface area contributed by atoms with Crippen molar-refractivity contribution in [1.29, 1.82) is 0 Å². The lowest BCUT2D eigenvalue weighted by atomic mass is 10.0. The first kappa shape index (κ1) is 22.3. The zero-order valence-corrected chi connectivity index (χ0v) is 19.5. The number of aromatic nitrogens is 3. The van der Waals surface area contributed by atoms with Gasteiger partial charge in [0.1, 0.15) is 0 Å². The molecule has 172 valence electrons. The van der Waals surface area contributed by atoms with E-state index in [1.54, 1.807) is 35.3 Å². The van der Waals surface area contributed by atoms with Crippen LogP contribution < -0.4 is 5.32 Å². The van der Waals surface area contributed by atoms with Gasteiger partial charge in [0.25, 0.3) is 5.91 Å². The highest BCUT2D eigenvalue weighted by atomic mass is 35.5. The number of amides is 1. The highest BCUT2D eigenvalue weighted by Gasteiger charge is 2.29. The van der Waals surface area contributed by atoms with Crippen LogP contribution >= 0.6 is 11.6 Å². The van der Waals surface area contributed by atoms with E-state index in [0.717, 1.165) is 11.1 Å². The Bertz CT molecular complexity index is 1450. The third-order valence-electron chi connectivity index (χ3n) is 5.66. The summed E-state index contributed by atoms with van der Waals surface area (Å²) in [5, 5.41) is 6.98. The number of halogens is 1. The highest BCUT2D eigenvalue weighted by Crippen LogP contribution is 2.28. The van der Waals surface area contributed by atoms with Crippen molar-refractivity contribution in [2.75, 3.05) is 11.9 Å². The van der Waals surface area contributed by atoms with E-state index < -0.39 is 15.9 Å². The molecule has 2 aromatic heterocycles. The standard InChI is InChI=1S/C24H20ClN5O3S/c25-22-8-7-20(34(32,33)29-13-10-17-4-1-2-5-18(17)16-29)14-21(22)24(31)28-19-6-9-23(26-15-19)30-12-3-11-27-30/h1-9,11-12,14-15H,10,13,16H2,(H,28,31). The Labute approximate surface area is 201 Å². The average molecular weight is 494 g/mol. The fourth-order valence-corrected chi connectivity index (χ4v) is 5.51. The molecule has 8 nitrogen and oxygen atoms in total. The van der Waals surface area contributed by atoms with Crippen LogP contribution in [0.15, 0.2) is 84.1 Å². The predicted molar refractivity (Wildman–Crippen MR) is 129 cm³/mol. The number of hydrogen-bond donors (Lipinski definition) is 1. The average Bonchev–Trinajstić information content (AvgIpc) is 3.39. The molecule has 2 aromatic carbocycles. The zero-order chi connectivity index (χ0) is 23.7. The molecule has 3 heterocycles. The molecule has 1 aliphatic heterocycles. The van der Waals surface area contributed by atoms with Crippen molar-refractivity contribution < 1.29 is 13.2 Å². The van der Waals surface area contributed by atoms with Crippen LogP contribution in [0.5, 0.6) is 0 Å². The van der Waals surface area contributed by atoms with E-state index >= 15 is 0 Å². The number of fused-ring (bicyclic) bond motifs is 1. The Morgan fingerprint density at radius 1 is 1.03 bits per heavy atom. The first-order valence-electron chi connectivity index (χ1n) is 10.6. The van der Waals surface area contributed by atoms with Gasteiger partial charge in [0, 0.05) is 25.5 Å². The van der Waals surface area contributed by atoms with Gasteiger partial charge in [-0.15, -0.1) is 0 Å². The third-order valence-corrected chi connectivity index (χ3v) is 7.83. The van der Waals surface area contributed by atoms with Crippen molar-refractivity contribution in [3.05, 3.63) is 101 Å². The molecule has 5 rings (SSSR count). The highest BCUT2D eigenvalue weighted by molar-refractivity contribution is 7.89. The van der Waals surface area contributed by atoms with Crippen LogP contribution in [0, 0.1) is 0 Å². The van der Waals surface area contributed by atoms with Gasteiger partial charge >= 0.3 is 0 Å². The largest absolute Gasteiger partial charge is 0.321 e. The summed E-state index contributed by atoms with van der Waals surface area (Å²) >= 11 is 6.26. The molecule has 1 aliphatic rings. The number of carbonyl (C=O) groups is 1. The van der Waals surface area contributed by atoms with Gasteiger partial charge in [0.05, 0.1) is 27.4 Å². The van der Waals surface area contributed by atoms with Crippen LogP contribution in [0.4, 0.5) is 5.69 Å². The molecule has 0 saturated heterocycles. The molecule has 10 heteroatoms. The van der Waals surface area contributed by atoms with Gasteiger partial charge in [0.15, 0.2) is 5.82 Å². The molecule has 34 heavy (non-hydrogen) atoms. The Morgan fingerprint density at radius 3 is 2.59 bits per heavy atom. The summed E-state index contributed by atoms with van der Waals surface area (Å²) in [6.07, 6.45) is 5.53. The minimum atomic E-state index is -3.81. The van der Waals surface area contributed by atoms with E-state index in [-0.39, 0.29) is 22.0 Å². The molecule has 0 radical (unpaired) electrons. The third kappa shape index (κ3) is 4.33. The lowest BCUT2D eigenvalue weighted by Crippen LogP contribution is -2.36. The maximum absolute atomic E-state index is 13.3. The minimum Gasteiger partial charge on any atom is -0.321 e. The van der Waals surface area contributed by atoms with Crippen LogP contribution in [-0.4, -0.2) is 39.9 Å². The lowest BCUT2D eigenvalue weighted by Gasteiger charge is -2.28.